The molecule has 0 radical (unpaired) electrons. The van der Waals surface area contributed by atoms with Gasteiger partial charge in [0.1, 0.15) is 5.69 Å². The average Bonchev–Trinajstić information content (AvgIpc) is 2.92. The van der Waals surface area contributed by atoms with E-state index in [0.717, 1.165) is 22.0 Å². The van der Waals surface area contributed by atoms with Gasteiger partial charge in [-0.05, 0) is 35.4 Å². The molecule has 5 heteroatoms. The van der Waals surface area contributed by atoms with Gasteiger partial charge in [-0.1, -0.05) is 60.7 Å². The van der Waals surface area contributed by atoms with Gasteiger partial charge in [0.15, 0.2) is 0 Å². The SMILES string of the molecule is Cc1c(NC(=O)Cc2ccc3ccccc3c2)c(=O)n(-c2ccccc2)n1C. The van der Waals surface area contributed by atoms with Crippen molar-refractivity contribution in [3.63, 3.8) is 0 Å². The number of nitrogens with one attached hydrogen (secondary N) is 1. The molecule has 0 aliphatic rings. The van der Waals surface area contributed by atoms with E-state index in [1.165, 1.54) is 0 Å². The first kappa shape index (κ1) is 17.8. The third-order valence-corrected chi connectivity index (χ3v) is 5.00. The lowest BCUT2D eigenvalue weighted by Gasteiger charge is -2.07. The quantitative estimate of drug-likeness (QED) is 0.593. The molecular formula is C23H21N3O2. The third-order valence-electron chi connectivity index (χ3n) is 5.00. The number of carbonyl (C=O) groups excluding carboxylic acids is 1. The van der Waals surface area contributed by atoms with E-state index < -0.39 is 0 Å². The molecule has 0 saturated carbocycles. The maximum atomic E-state index is 12.9. The number of nitrogens with zero attached hydrogens (tertiary/aromatic N) is 2. The minimum absolute atomic E-state index is 0.207. The van der Waals surface area contributed by atoms with E-state index in [0.29, 0.717) is 11.4 Å². The highest BCUT2D eigenvalue weighted by Crippen LogP contribution is 2.17. The molecule has 0 unspecified atom stereocenters. The van der Waals surface area contributed by atoms with E-state index in [2.05, 4.69) is 5.32 Å². The topological polar surface area (TPSA) is 56.0 Å². The molecule has 0 fully saturated rings. The molecule has 140 valence electrons. The van der Waals surface area contributed by atoms with Gasteiger partial charge in [-0.25, -0.2) is 4.68 Å². The Bertz CT molecular complexity index is 1220. The van der Waals surface area contributed by atoms with Crippen LogP contribution in [0.1, 0.15) is 11.3 Å². The standard InChI is InChI=1S/C23H21N3O2/c1-16-22(23(28)26(25(16)2)20-10-4-3-5-11-20)24-21(27)15-17-12-13-18-8-6-7-9-19(18)14-17/h3-14H,15H2,1-2H3,(H,24,27). The van der Waals surface area contributed by atoms with E-state index in [1.807, 2.05) is 86.8 Å². The van der Waals surface area contributed by atoms with Crippen LogP contribution in [0.15, 0.2) is 77.6 Å². The van der Waals surface area contributed by atoms with Crippen LogP contribution in [-0.2, 0) is 18.3 Å². The van der Waals surface area contributed by atoms with Crippen LogP contribution in [0.3, 0.4) is 0 Å². The van der Waals surface area contributed by atoms with Crippen LogP contribution < -0.4 is 10.9 Å². The molecule has 0 spiro atoms. The molecule has 0 saturated heterocycles. The molecule has 1 heterocycles. The number of anilines is 1. The van der Waals surface area contributed by atoms with E-state index in [1.54, 1.807) is 9.36 Å². The molecule has 3 aromatic carbocycles. The van der Waals surface area contributed by atoms with Crippen molar-refractivity contribution in [2.24, 2.45) is 7.05 Å². The molecule has 4 aromatic rings. The maximum Gasteiger partial charge on any atom is 0.295 e. The van der Waals surface area contributed by atoms with Crippen molar-refractivity contribution in [1.82, 2.24) is 9.36 Å². The lowest BCUT2D eigenvalue weighted by Crippen LogP contribution is -2.23. The predicted molar refractivity (Wildman–Crippen MR) is 112 cm³/mol. The summed E-state index contributed by atoms with van der Waals surface area (Å²) < 4.78 is 3.31. The highest BCUT2D eigenvalue weighted by atomic mass is 16.2. The summed E-state index contributed by atoms with van der Waals surface area (Å²) in [6, 6.07) is 23.4. The molecule has 0 aliphatic carbocycles. The summed E-state index contributed by atoms with van der Waals surface area (Å²) in [7, 11) is 1.81. The van der Waals surface area contributed by atoms with E-state index in [4.69, 9.17) is 0 Å². The number of amides is 1. The molecule has 5 nitrogen and oxygen atoms in total. The second-order valence-electron chi connectivity index (χ2n) is 6.84. The summed E-state index contributed by atoms with van der Waals surface area (Å²) in [5, 5.41) is 5.04. The van der Waals surface area contributed by atoms with Crippen molar-refractivity contribution in [2.75, 3.05) is 5.32 Å². The van der Waals surface area contributed by atoms with E-state index >= 15 is 0 Å². The molecular weight excluding hydrogens is 350 g/mol. The van der Waals surface area contributed by atoms with Crippen molar-refractivity contribution >= 4 is 22.4 Å². The summed E-state index contributed by atoms with van der Waals surface area (Å²) in [5.41, 5.74) is 2.46. The number of benzene rings is 3. The molecule has 4 rings (SSSR count). The number of carbonyl (C=O) groups is 1. The number of aromatic nitrogens is 2. The van der Waals surface area contributed by atoms with Crippen molar-refractivity contribution in [3.8, 4) is 5.69 Å². The van der Waals surface area contributed by atoms with Crippen LogP contribution in [0.25, 0.3) is 16.5 Å². The fraction of sp³-hybridized carbons (Fsp3) is 0.130. The van der Waals surface area contributed by atoms with Crippen LogP contribution >= 0.6 is 0 Å². The Morgan fingerprint density at radius 3 is 2.36 bits per heavy atom. The minimum Gasteiger partial charge on any atom is -0.320 e. The van der Waals surface area contributed by atoms with Crippen LogP contribution in [0.4, 0.5) is 5.69 Å². The van der Waals surface area contributed by atoms with Gasteiger partial charge in [0, 0.05) is 7.05 Å². The first-order chi connectivity index (χ1) is 13.5. The van der Waals surface area contributed by atoms with Gasteiger partial charge in [-0.3, -0.25) is 14.3 Å². The van der Waals surface area contributed by atoms with Gasteiger partial charge in [0.2, 0.25) is 5.91 Å². The van der Waals surface area contributed by atoms with Gasteiger partial charge >= 0.3 is 0 Å². The van der Waals surface area contributed by atoms with Gasteiger partial charge in [-0.15, -0.1) is 0 Å². The number of hydrogen-bond donors (Lipinski definition) is 1. The normalized spacial score (nSPS) is 10.9. The van der Waals surface area contributed by atoms with Crippen molar-refractivity contribution < 1.29 is 4.79 Å². The molecule has 0 aliphatic heterocycles. The molecule has 1 aromatic heterocycles. The summed E-state index contributed by atoms with van der Waals surface area (Å²) in [4.78, 5) is 25.5. The molecule has 1 N–H and O–H groups in total. The highest BCUT2D eigenvalue weighted by molar-refractivity contribution is 5.93. The smallest absolute Gasteiger partial charge is 0.295 e. The summed E-state index contributed by atoms with van der Waals surface area (Å²) in [5.74, 6) is -0.207. The molecule has 1 amide bonds. The van der Waals surface area contributed by atoms with Crippen LogP contribution in [-0.4, -0.2) is 15.3 Å². The third kappa shape index (κ3) is 3.22. The second kappa shape index (κ2) is 7.19. The number of rotatable bonds is 4. The van der Waals surface area contributed by atoms with Crippen LogP contribution in [0.5, 0.6) is 0 Å². The zero-order valence-electron chi connectivity index (χ0n) is 15.8. The van der Waals surface area contributed by atoms with Gasteiger partial charge in [0.25, 0.3) is 5.56 Å². The Hall–Kier alpha value is -3.60. The van der Waals surface area contributed by atoms with Gasteiger partial charge < -0.3 is 5.32 Å². The Balaban J connectivity index is 1.60. The first-order valence-electron chi connectivity index (χ1n) is 9.16. The van der Waals surface area contributed by atoms with Crippen molar-refractivity contribution in [2.45, 2.75) is 13.3 Å². The Morgan fingerprint density at radius 1 is 0.929 bits per heavy atom. The number of para-hydroxylation sites is 1. The van der Waals surface area contributed by atoms with Gasteiger partial charge in [0.05, 0.1) is 17.8 Å². The second-order valence-corrected chi connectivity index (χ2v) is 6.84. The monoisotopic (exact) mass is 371 g/mol. The van der Waals surface area contributed by atoms with Gasteiger partial charge in [-0.2, -0.15) is 0 Å². The van der Waals surface area contributed by atoms with E-state index in [-0.39, 0.29) is 17.9 Å². The minimum atomic E-state index is -0.238. The highest BCUT2D eigenvalue weighted by Gasteiger charge is 2.18. The molecule has 28 heavy (non-hydrogen) atoms. The maximum absolute atomic E-state index is 12.9. The molecule has 0 atom stereocenters. The zero-order chi connectivity index (χ0) is 19.7. The summed E-state index contributed by atoms with van der Waals surface area (Å²) >= 11 is 0. The number of hydrogen-bond acceptors (Lipinski definition) is 2. The first-order valence-corrected chi connectivity index (χ1v) is 9.16. The number of fused-ring (bicyclic) bond motifs is 1. The van der Waals surface area contributed by atoms with E-state index in [9.17, 15) is 9.59 Å². The van der Waals surface area contributed by atoms with Crippen LogP contribution in [0, 0.1) is 6.92 Å². The Kier molecular flexibility index (Phi) is 4.57. The van der Waals surface area contributed by atoms with Crippen LogP contribution in [0.2, 0.25) is 0 Å². The summed E-state index contributed by atoms with van der Waals surface area (Å²) in [6.07, 6.45) is 0.212. The Labute approximate surface area is 162 Å². The fourth-order valence-electron chi connectivity index (χ4n) is 3.43. The fourth-order valence-corrected chi connectivity index (χ4v) is 3.43. The largest absolute Gasteiger partial charge is 0.320 e. The lowest BCUT2D eigenvalue weighted by molar-refractivity contribution is -0.115. The summed E-state index contributed by atoms with van der Waals surface area (Å²) in [6.45, 7) is 1.83. The Morgan fingerprint density at radius 2 is 1.61 bits per heavy atom. The van der Waals surface area contributed by atoms with Crippen molar-refractivity contribution in [3.05, 3.63) is 94.4 Å². The predicted octanol–water partition coefficient (Wildman–Crippen LogP) is 3.82. The molecule has 0 bridgehead atoms. The zero-order valence-corrected chi connectivity index (χ0v) is 15.8. The van der Waals surface area contributed by atoms with Crippen molar-refractivity contribution in [1.29, 1.82) is 0 Å². The average molecular weight is 371 g/mol. The lowest BCUT2D eigenvalue weighted by atomic mass is 10.0.